The van der Waals surface area contributed by atoms with Crippen molar-refractivity contribution in [3.63, 3.8) is 0 Å². The zero-order valence-corrected chi connectivity index (χ0v) is 15.5. The highest BCUT2D eigenvalue weighted by Gasteiger charge is 2.18. The Balaban J connectivity index is 1.86. The van der Waals surface area contributed by atoms with Crippen molar-refractivity contribution in [1.82, 2.24) is 0 Å². The summed E-state index contributed by atoms with van der Waals surface area (Å²) in [7, 11) is 3.04. The molecule has 27 heavy (non-hydrogen) atoms. The smallest absolute Gasteiger partial charge is 0.259 e. The molecule has 138 valence electrons. The number of nitrogens with one attached hydrogen (secondary N) is 1. The fourth-order valence-electron chi connectivity index (χ4n) is 2.65. The first-order valence-corrected chi connectivity index (χ1v) is 8.48. The highest BCUT2D eigenvalue weighted by atomic mass is 16.5. The van der Waals surface area contributed by atoms with Crippen LogP contribution in [0.25, 0.3) is 0 Å². The van der Waals surface area contributed by atoms with Gasteiger partial charge in [-0.1, -0.05) is 35.9 Å². The van der Waals surface area contributed by atoms with Crippen molar-refractivity contribution in [3.8, 4) is 23.0 Å². The molecule has 0 aliphatic carbocycles. The van der Waals surface area contributed by atoms with E-state index in [4.69, 9.17) is 14.2 Å². The monoisotopic (exact) mass is 363 g/mol. The average molecular weight is 363 g/mol. The zero-order valence-electron chi connectivity index (χ0n) is 15.5. The number of hydrogen-bond donors (Lipinski definition) is 1. The maximum absolute atomic E-state index is 12.8. The quantitative estimate of drug-likeness (QED) is 0.665. The predicted molar refractivity (Wildman–Crippen MR) is 105 cm³/mol. The predicted octanol–water partition coefficient (Wildman–Crippen LogP) is 5.06. The normalized spacial score (nSPS) is 10.2. The van der Waals surface area contributed by atoms with E-state index in [1.807, 2.05) is 43.3 Å². The lowest BCUT2D eigenvalue weighted by atomic mass is 10.1. The first-order chi connectivity index (χ1) is 13.1. The molecule has 5 heteroatoms. The molecule has 0 aromatic heterocycles. The second-order valence-corrected chi connectivity index (χ2v) is 5.91. The number of para-hydroxylation sites is 3. The molecule has 0 bridgehead atoms. The van der Waals surface area contributed by atoms with Crippen molar-refractivity contribution in [3.05, 3.63) is 77.9 Å². The number of rotatable bonds is 6. The van der Waals surface area contributed by atoms with Gasteiger partial charge in [-0.3, -0.25) is 4.79 Å². The summed E-state index contributed by atoms with van der Waals surface area (Å²) in [5.41, 5.74) is 2.09. The van der Waals surface area contributed by atoms with Crippen LogP contribution in [0.15, 0.2) is 66.7 Å². The molecule has 0 unspecified atom stereocenters. The molecule has 0 heterocycles. The Morgan fingerprint density at radius 3 is 2.22 bits per heavy atom. The molecule has 5 nitrogen and oxygen atoms in total. The summed E-state index contributed by atoms with van der Waals surface area (Å²) in [5, 5.41) is 2.88. The molecular weight excluding hydrogens is 342 g/mol. The highest BCUT2D eigenvalue weighted by molar-refractivity contribution is 6.07. The molecule has 1 amide bonds. The van der Waals surface area contributed by atoms with E-state index in [9.17, 15) is 4.79 Å². The Hall–Kier alpha value is -3.47. The van der Waals surface area contributed by atoms with E-state index in [0.717, 1.165) is 5.56 Å². The fourth-order valence-corrected chi connectivity index (χ4v) is 2.65. The van der Waals surface area contributed by atoms with Gasteiger partial charge in [0.1, 0.15) is 5.75 Å². The van der Waals surface area contributed by atoms with Crippen molar-refractivity contribution in [1.29, 1.82) is 0 Å². The summed E-state index contributed by atoms with van der Waals surface area (Å²) in [6, 6.07) is 20.2. The van der Waals surface area contributed by atoms with Gasteiger partial charge in [-0.2, -0.15) is 0 Å². The summed E-state index contributed by atoms with van der Waals surface area (Å²) in [4.78, 5) is 12.8. The van der Waals surface area contributed by atoms with Crippen LogP contribution in [0.1, 0.15) is 15.9 Å². The Labute approximate surface area is 158 Å². The van der Waals surface area contributed by atoms with Crippen LogP contribution in [0.3, 0.4) is 0 Å². The Morgan fingerprint density at radius 2 is 1.52 bits per heavy atom. The van der Waals surface area contributed by atoms with E-state index in [1.54, 1.807) is 30.3 Å². The molecule has 1 N–H and O–H groups in total. The lowest BCUT2D eigenvalue weighted by Gasteiger charge is -2.15. The molecule has 0 spiro atoms. The molecule has 0 aliphatic rings. The van der Waals surface area contributed by atoms with Gasteiger partial charge in [-0.05, 0) is 43.3 Å². The molecule has 0 fully saturated rings. The summed E-state index contributed by atoms with van der Waals surface area (Å²) in [6.45, 7) is 2.01. The number of carbonyl (C=O) groups is 1. The maximum atomic E-state index is 12.8. The van der Waals surface area contributed by atoms with Crippen molar-refractivity contribution in [2.24, 2.45) is 0 Å². The SMILES string of the molecule is COc1cccc(C(=O)Nc2ccccc2Oc2ccc(C)cc2)c1OC. The molecule has 0 aliphatic heterocycles. The largest absolute Gasteiger partial charge is 0.493 e. The molecule has 3 aromatic rings. The van der Waals surface area contributed by atoms with Crippen LogP contribution in [-0.2, 0) is 0 Å². The minimum Gasteiger partial charge on any atom is -0.493 e. The molecule has 3 aromatic carbocycles. The lowest BCUT2D eigenvalue weighted by molar-refractivity contribution is 0.102. The van der Waals surface area contributed by atoms with Gasteiger partial charge in [-0.25, -0.2) is 0 Å². The summed E-state index contributed by atoms with van der Waals surface area (Å²) >= 11 is 0. The molecule has 3 rings (SSSR count). The summed E-state index contributed by atoms with van der Waals surface area (Å²) in [6.07, 6.45) is 0. The number of methoxy groups -OCH3 is 2. The molecule has 0 saturated carbocycles. The number of anilines is 1. The van der Waals surface area contributed by atoms with E-state index >= 15 is 0 Å². The van der Waals surface area contributed by atoms with Crippen LogP contribution in [0.5, 0.6) is 23.0 Å². The van der Waals surface area contributed by atoms with E-state index in [1.165, 1.54) is 14.2 Å². The van der Waals surface area contributed by atoms with Crippen LogP contribution in [0, 0.1) is 6.92 Å². The second-order valence-electron chi connectivity index (χ2n) is 5.91. The highest BCUT2D eigenvalue weighted by Crippen LogP contribution is 2.33. The van der Waals surface area contributed by atoms with Gasteiger partial charge in [0.05, 0.1) is 25.5 Å². The summed E-state index contributed by atoms with van der Waals surface area (Å²) < 4.78 is 16.5. The van der Waals surface area contributed by atoms with Gasteiger partial charge in [0.2, 0.25) is 0 Å². The molecule has 0 atom stereocenters. The van der Waals surface area contributed by atoms with Crippen LogP contribution in [0.2, 0.25) is 0 Å². The van der Waals surface area contributed by atoms with E-state index in [-0.39, 0.29) is 5.91 Å². The van der Waals surface area contributed by atoms with Crippen LogP contribution < -0.4 is 19.5 Å². The molecule has 0 radical (unpaired) electrons. The number of hydrogen-bond acceptors (Lipinski definition) is 4. The van der Waals surface area contributed by atoms with Crippen molar-refractivity contribution >= 4 is 11.6 Å². The van der Waals surface area contributed by atoms with Gasteiger partial charge >= 0.3 is 0 Å². The number of benzene rings is 3. The number of aryl methyl sites for hydroxylation is 1. The van der Waals surface area contributed by atoms with Gasteiger partial charge in [0.15, 0.2) is 17.2 Å². The van der Waals surface area contributed by atoms with Crippen molar-refractivity contribution in [2.45, 2.75) is 6.92 Å². The minimum absolute atomic E-state index is 0.314. The third kappa shape index (κ3) is 4.20. The third-order valence-electron chi connectivity index (χ3n) is 4.03. The minimum atomic E-state index is -0.314. The zero-order chi connectivity index (χ0) is 19.2. The van der Waals surface area contributed by atoms with Crippen molar-refractivity contribution in [2.75, 3.05) is 19.5 Å². The fraction of sp³-hybridized carbons (Fsp3) is 0.136. The number of ether oxygens (including phenoxy) is 3. The van der Waals surface area contributed by atoms with Crippen molar-refractivity contribution < 1.29 is 19.0 Å². The third-order valence-corrected chi connectivity index (χ3v) is 4.03. The van der Waals surface area contributed by atoms with Crippen LogP contribution >= 0.6 is 0 Å². The Bertz CT molecular complexity index is 935. The van der Waals surface area contributed by atoms with E-state index < -0.39 is 0 Å². The van der Waals surface area contributed by atoms with E-state index in [2.05, 4.69) is 5.32 Å². The maximum Gasteiger partial charge on any atom is 0.259 e. The van der Waals surface area contributed by atoms with Crippen LogP contribution in [-0.4, -0.2) is 20.1 Å². The Morgan fingerprint density at radius 1 is 0.815 bits per heavy atom. The topological polar surface area (TPSA) is 56.8 Å². The average Bonchev–Trinajstić information content (AvgIpc) is 2.70. The molecular formula is C22H21NO4. The van der Waals surface area contributed by atoms with Gasteiger partial charge in [0.25, 0.3) is 5.91 Å². The van der Waals surface area contributed by atoms with Crippen LogP contribution in [0.4, 0.5) is 5.69 Å². The molecule has 0 saturated heterocycles. The van der Waals surface area contributed by atoms with Gasteiger partial charge in [0, 0.05) is 0 Å². The first kappa shape index (κ1) is 18.3. The van der Waals surface area contributed by atoms with Gasteiger partial charge < -0.3 is 19.5 Å². The standard InChI is InChI=1S/C22H21NO4/c1-15-11-13-16(14-12-15)27-19-9-5-4-8-18(19)23-22(24)17-7-6-10-20(25-2)21(17)26-3/h4-14H,1-3H3,(H,23,24). The number of amides is 1. The first-order valence-electron chi connectivity index (χ1n) is 8.48. The van der Waals surface area contributed by atoms with E-state index in [0.29, 0.717) is 34.2 Å². The number of carbonyl (C=O) groups excluding carboxylic acids is 1. The lowest BCUT2D eigenvalue weighted by Crippen LogP contribution is -2.14. The Kier molecular flexibility index (Phi) is 5.61. The van der Waals surface area contributed by atoms with Gasteiger partial charge in [-0.15, -0.1) is 0 Å². The summed E-state index contributed by atoms with van der Waals surface area (Å²) in [5.74, 6) is 1.81. The second kappa shape index (κ2) is 8.27.